The van der Waals surface area contributed by atoms with Crippen molar-refractivity contribution in [1.29, 1.82) is 0 Å². The van der Waals surface area contributed by atoms with E-state index in [0.29, 0.717) is 6.61 Å². The van der Waals surface area contributed by atoms with Crippen LogP contribution in [0.15, 0.2) is 47.0 Å². The molecule has 2 aromatic heterocycles. The number of aromatic amines is 1. The predicted molar refractivity (Wildman–Crippen MR) is 97.9 cm³/mol. The van der Waals surface area contributed by atoms with Gasteiger partial charge >= 0.3 is 0 Å². The highest BCUT2D eigenvalue weighted by Gasteiger charge is 2.10. The third-order valence-corrected chi connectivity index (χ3v) is 3.96. The molecule has 2 heterocycles. The molecule has 0 unspecified atom stereocenters. The molecule has 0 bridgehead atoms. The number of nitrogens with one attached hydrogen (secondary N) is 2. The van der Waals surface area contributed by atoms with Gasteiger partial charge in [0, 0.05) is 18.7 Å². The van der Waals surface area contributed by atoms with Crippen molar-refractivity contribution in [2.45, 2.75) is 46.6 Å². The summed E-state index contributed by atoms with van der Waals surface area (Å²) in [5.74, 6) is 1.71. The minimum absolute atomic E-state index is 0.253. The largest absolute Gasteiger partial charge is 0.460 e. The van der Waals surface area contributed by atoms with Crippen molar-refractivity contribution < 1.29 is 9.15 Å². The van der Waals surface area contributed by atoms with Gasteiger partial charge in [-0.1, -0.05) is 24.3 Å². The summed E-state index contributed by atoms with van der Waals surface area (Å²) >= 11 is 0. The van der Waals surface area contributed by atoms with Crippen molar-refractivity contribution in [1.82, 2.24) is 15.5 Å². The molecule has 0 saturated heterocycles. The Morgan fingerprint density at radius 1 is 1.08 bits per heavy atom. The molecule has 0 aliphatic carbocycles. The standard InChI is InChI=1S/C20H25N3O2/c1-14(2)24-13-17-7-5-16(6-8-17)10-21-11-18-12-22-23-20(18)19-9-4-15(3)25-19/h4-9,12,14,21H,10-11,13H2,1-3H3,(H,22,23). The van der Waals surface area contributed by atoms with E-state index in [9.17, 15) is 0 Å². The summed E-state index contributed by atoms with van der Waals surface area (Å²) in [6.07, 6.45) is 2.09. The van der Waals surface area contributed by atoms with Crippen molar-refractivity contribution in [3.63, 3.8) is 0 Å². The monoisotopic (exact) mass is 339 g/mol. The maximum Gasteiger partial charge on any atom is 0.152 e. The molecule has 25 heavy (non-hydrogen) atoms. The summed E-state index contributed by atoms with van der Waals surface area (Å²) in [7, 11) is 0. The highest BCUT2D eigenvalue weighted by atomic mass is 16.5. The molecule has 0 aliphatic rings. The molecule has 0 saturated carbocycles. The number of rotatable bonds is 8. The molecule has 3 rings (SSSR count). The number of ether oxygens (including phenoxy) is 1. The summed E-state index contributed by atoms with van der Waals surface area (Å²) in [5.41, 5.74) is 4.47. The van der Waals surface area contributed by atoms with Gasteiger partial charge in [0.1, 0.15) is 11.5 Å². The molecule has 2 N–H and O–H groups in total. The van der Waals surface area contributed by atoms with E-state index in [-0.39, 0.29) is 6.10 Å². The highest BCUT2D eigenvalue weighted by Crippen LogP contribution is 2.23. The van der Waals surface area contributed by atoms with E-state index in [1.165, 1.54) is 11.1 Å². The van der Waals surface area contributed by atoms with Crippen LogP contribution in [-0.2, 0) is 24.4 Å². The van der Waals surface area contributed by atoms with Crippen molar-refractivity contribution >= 4 is 0 Å². The van der Waals surface area contributed by atoms with Gasteiger partial charge in [-0.2, -0.15) is 5.10 Å². The number of nitrogens with zero attached hydrogens (tertiary/aromatic N) is 1. The van der Waals surface area contributed by atoms with Crippen LogP contribution in [0.2, 0.25) is 0 Å². The highest BCUT2D eigenvalue weighted by molar-refractivity contribution is 5.56. The van der Waals surface area contributed by atoms with Crippen LogP contribution in [0.5, 0.6) is 0 Å². The van der Waals surface area contributed by atoms with Gasteiger partial charge in [-0.05, 0) is 44.0 Å². The molecular formula is C20H25N3O2. The number of aromatic nitrogens is 2. The van der Waals surface area contributed by atoms with Crippen LogP contribution in [0.4, 0.5) is 0 Å². The molecule has 0 amide bonds. The third kappa shape index (κ3) is 4.81. The molecule has 0 radical (unpaired) electrons. The minimum Gasteiger partial charge on any atom is -0.460 e. The van der Waals surface area contributed by atoms with E-state index in [2.05, 4.69) is 39.8 Å². The fourth-order valence-electron chi connectivity index (χ4n) is 2.59. The normalized spacial score (nSPS) is 11.4. The van der Waals surface area contributed by atoms with Crippen LogP contribution < -0.4 is 5.32 Å². The molecule has 1 aromatic carbocycles. The first-order chi connectivity index (χ1) is 12.1. The quantitative estimate of drug-likeness (QED) is 0.646. The smallest absolute Gasteiger partial charge is 0.152 e. The van der Waals surface area contributed by atoms with Gasteiger partial charge in [0.05, 0.1) is 18.9 Å². The number of aryl methyl sites for hydroxylation is 1. The first-order valence-corrected chi connectivity index (χ1v) is 8.61. The fraction of sp³-hybridized carbons (Fsp3) is 0.350. The molecule has 0 spiro atoms. The van der Waals surface area contributed by atoms with E-state index in [0.717, 1.165) is 35.9 Å². The van der Waals surface area contributed by atoms with E-state index in [1.54, 1.807) is 0 Å². The Morgan fingerprint density at radius 3 is 2.52 bits per heavy atom. The molecule has 132 valence electrons. The van der Waals surface area contributed by atoms with Crippen LogP contribution >= 0.6 is 0 Å². The Labute approximate surface area is 148 Å². The van der Waals surface area contributed by atoms with Crippen LogP contribution in [0.25, 0.3) is 11.5 Å². The second-order valence-electron chi connectivity index (χ2n) is 6.46. The Bertz CT molecular complexity index is 787. The number of benzene rings is 1. The fourth-order valence-corrected chi connectivity index (χ4v) is 2.59. The molecule has 5 nitrogen and oxygen atoms in total. The second kappa shape index (κ2) is 8.14. The molecule has 0 atom stereocenters. The van der Waals surface area contributed by atoms with Gasteiger partial charge in [0.25, 0.3) is 0 Å². The van der Waals surface area contributed by atoms with Crippen molar-refractivity contribution in [2.75, 3.05) is 0 Å². The van der Waals surface area contributed by atoms with Gasteiger partial charge < -0.3 is 14.5 Å². The third-order valence-electron chi connectivity index (χ3n) is 3.96. The molecule has 0 fully saturated rings. The summed E-state index contributed by atoms with van der Waals surface area (Å²) in [4.78, 5) is 0. The van der Waals surface area contributed by atoms with Crippen LogP contribution in [-0.4, -0.2) is 16.3 Å². The van der Waals surface area contributed by atoms with E-state index >= 15 is 0 Å². The zero-order chi connectivity index (χ0) is 17.6. The van der Waals surface area contributed by atoms with Crippen molar-refractivity contribution in [2.24, 2.45) is 0 Å². The van der Waals surface area contributed by atoms with Crippen molar-refractivity contribution in [3.05, 3.63) is 65.0 Å². The van der Waals surface area contributed by atoms with Gasteiger partial charge in [-0.15, -0.1) is 0 Å². The molecule has 3 aromatic rings. The lowest BCUT2D eigenvalue weighted by Gasteiger charge is -2.09. The maximum atomic E-state index is 5.68. The van der Waals surface area contributed by atoms with E-state index in [1.807, 2.05) is 39.1 Å². The van der Waals surface area contributed by atoms with Crippen LogP contribution in [0.3, 0.4) is 0 Å². The zero-order valence-electron chi connectivity index (χ0n) is 15.0. The summed E-state index contributed by atoms with van der Waals surface area (Å²) in [5, 5.41) is 10.6. The lowest BCUT2D eigenvalue weighted by molar-refractivity contribution is 0.0657. The van der Waals surface area contributed by atoms with Crippen molar-refractivity contribution in [3.8, 4) is 11.5 Å². The predicted octanol–water partition coefficient (Wildman–Crippen LogP) is 4.19. The Balaban J connectivity index is 1.53. The summed E-state index contributed by atoms with van der Waals surface area (Å²) < 4.78 is 11.3. The average molecular weight is 339 g/mol. The van der Waals surface area contributed by atoms with Crippen LogP contribution in [0.1, 0.15) is 36.3 Å². The first-order valence-electron chi connectivity index (χ1n) is 8.61. The maximum absolute atomic E-state index is 5.68. The number of hydrogen-bond acceptors (Lipinski definition) is 4. The van der Waals surface area contributed by atoms with Crippen LogP contribution in [0, 0.1) is 6.92 Å². The summed E-state index contributed by atoms with van der Waals surface area (Å²) in [6.45, 7) is 8.22. The van der Waals surface area contributed by atoms with Gasteiger partial charge in [-0.25, -0.2) is 0 Å². The number of furan rings is 1. The molecule has 5 heteroatoms. The minimum atomic E-state index is 0.253. The lowest BCUT2D eigenvalue weighted by Crippen LogP contribution is -2.13. The molecular weight excluding hydrogens is 314 g/mol. The SMILES string of the molecule is Cc1ccc(-c2[nH]ncc2CNCc2ccc(COC(C)C)cc2)o1. The molecule has 0 aliphatic heterocycles. The van der Waals surface area contributed by atoms with Gasteiger partial charge in [0.15, 0.2) is 5.76 Å². The Kier molecular flexibility index (Phi) is 5.68. The summed E-state index contributed by atoms with van der Waals surface area (Å²) in [6, 6.07) is 12.4. The zero-order valence-corrected chi connectivity index (χ0v) is 15.0. The number of H-pyrrole nitrogens is 1. The van der Waals surface area contributed by atoms with Gasteiger partial charge in [-0.3, -0.25) is 5.10 Å². The number of hydrogen-bond donors (Lipinski definition) is 2. The van der Waals surface area contributed by atoms with Gasteiger partial charge in [0.2, 0.25) is 0 Å². The van der Waals surface area contributed by atoms with E-state index in [4.69, 9.17) is 9.15 Å². The Hall–Kier alpha value is -2.37. The van der Waals surface area contributed by atoms with E-state index < -0.39 is 0 Å². The lowest BCUT2D eigenvalue weighted by atomic mass is 10.1. The Morgan fingerprint density at radius 2 is 1.84 bits per heavy atom. The first kappa shape index (κ1) is 17.5. The average Bonchev–Trinajstić information content (AvgIpc) is 3.22. The topological polar surface area (TPSA) is 63.1 Å². The second-order valence-corrected chi connectivity index (χ2v) is 6.46.